The van der Waals surface area contributed by atoms with Gasteiger partial charge in [0.25, 0.3) is 0 Å². The van der Waals surface area contributed by atoms with Gasteiger partial charge >= 0.3 is 0 Å². The van der Waals surface area contributed by atoms with Gasteiger partial charge in [0.05, 0.1) is 10.7 Å². The van der Waals surface area contributed by atoms with E-state index >= 15 is 0 Å². The fraction of sp³-hybridized carbons (Fsp3) is 0.625. The van der Waals surface area contributed by atoms with Crippen molar-refractivity contribution in [2.75, 3.05) is 6.61 Å². The molecule has 0 saturated heterocycles. The molecule has 0 fully saturated rings. The summed E-state index contributed by atoms with van der Waals surface area (Å²) in [4.78, 5) is 0. The highest BCUT2D eigenvalue weighted by molar-refractivity contribution is 9.10. The molecule has 1 rings (SSSR count). The smallest absolute Gasteiger partial charge is 0.0632 e. The standard InChI is InChI=1S/C8H13BrN2O/c9-8-6-10-11(7-8)4-2-1-3-5-12/h6-7,12H,1-5H2. The van der Waals surface area contributed by atoms with Gasteiger partial charge in [-0.15, -0.1) is 0 Å². The molecule has 0 radical (unpaired) electrons. The molecule has 1 N–H and O–H groups in total. The number of hydrogen-bond donors (Lipinski definition) is 1. The topological polar surface area (TPSA) is 38.0 Å². The Hall–Kier alpha value is -0.350. The molecule has 0 aromatic carbocycles. The Morgan fingerprint density at radius 3 is 2.83 bits per heavy atom. The van der Waals surface area contributed by atoms with E-state index in [4.69, 9.17) is 5.11 Å². The first-order chi connectivity index (χ1) is 5.83. The molecule has 0 amide bonds. The zero-order valence-electron chi connectivity index (χ0n) is 6.91. The van der Waals surface area contributed by atoms with Crippen LogP contribution in [0, 0.1) is 0 Å². The van der Waals surface area contributed by atoms with E-state index in [2.05, 4.69) is 21.0 Å². The molecule has 12 heavy (non-hydrogen) atoms. The van der Waals surface area contributed by atoms with Gasteiger partial charge in [-0.2, -0.15) is 5.10 Å². The molecule has 1 aromatic rings. The van der Waals surface area contributed by atoms with Crippen LogP contribution in [0.25, 0.3) is 0 Å². The predicted octanol–water partition coefficient (Wildman–Crippen LogP) is 1.81. The largest absolute Gasteiger partial charge is 0.396 e. The minimum atomic E-state index is 0.294. The van der Waals surface area contributed by atoms with Gasteiger partial charge in [0, 0.05) is 19.3 Å². The van der Waals surface area contributed by atoms with E-state index in [0.29, 0.717) is 6.61 Å². The maximum atomic E-state index is 8.54. The summed E-state index contributed by atoms with van der Waals surface area (Å²) in [5.74, 6) is 0. The van der Waals surface area contributed by atoms with Gasteiger partial charge < -0.3 is 5.11 Å². The average Bonchev–Trinajstić information content (AvgIpc) is 2.45. The monoisotopic (exact) mass is 232 g/mol. The first-order valence-corrected chi connectivity index (χ1v) is 4.91. The molecule has 0 saturated carbocycles. The minimum absolute atomic E-state index is 0.294. The molecule has 4 heteroatoms. The van der Waals surface area contributed by atoms with E-state index in [1.54, 1.807) is 6.20 Å². The van der Waals surface area contributed by atoms with Gasteiger partial charge in [0.15, 0.2) is 0 Å². The number of rotatable bonds is 5. The molecule has 0 aliphatic heterocycles. The number of hydrogen-bond acceptors (Lipinski definition) is 2. The maximum Gasteiger partial charge on any atom is 0.0632 e. The lowest BCUT2D eigenvalue weighted by Crippen LogP contribution is -1.98. The van der Waals surface area contributed by atoms with Crippen molar-refractivity contribution in [1.29, 1.82) is 0 Å². The molecule has 0 atom stereocenters. The zero-order chi connectivity index (χ0) is 8.81. The van der Waals surface area contributed by atoms with Crippen molar-refractivity contribution in [2.45, 2.75) is 25.8 Å². The number of aryl methyl sites for hydroxylation is 1. The minimum Gasteiger partial charge on any atom is -0.396 e. The summed E-state index contributed by atoms with van der Waals surface area (Å²) in [6.45, 7) is 1.23. The molecule has 68 valence electrons. The van der Waals surface area contributed by atoms with Gasteiger partial charge in [-0.05, 0) is 35.2 Å². The highest BCUT2D eigenvalue weighted by atomic mass is 79.9. The highest BCUT2D eigenvalue weighted by Gasteiger charge is 1.94. The molecule has 0 aliphatic rings. The van der Waals surface area contributed by atoms with Crippen LogP contribution in [0.5, 0.6) is 0 Å². The van der Waals surface area contributed by atoms with Crippen LogP contribution in [-0.4, -0.2) is 21.5 Å². The molecule has 0 bridgehead atoms. The molecule has 0 unspecified atom stereocenters. The first-order valence-electron chi connectivity index (χ1n) is 4.12. The lowest BCUT2D eigenvalue weighted by Gasteiger charge is -1.99. The van der Waals surface area contributed by atoms with Crippen molar-refractivity contribution < 1.29 is 5.11 Å². The van der Waals surface area contributed by atoms with E-state index in [9.17, 15) is 0 Å². The van der Waals surface area contributed by atoms with E-state index in [1.807, 2.05) is 10.9 Å². The van der Waals surface area contributed by atoms with Crippen molar-refractivity contribution in [3.63, 3.8) is 0 Å². The first kappa shape index (κ1) is 9.74. The molecular formula is C8H13BrN2O. The lowest BCUT2D eigenvalue weighted by atomic mass is 10.2. The molecule has 0 aliphatic carbocycles. The summed E-state index contributed by atoms with van der Waals surface area (Å²) >= 11 is 3.33. The number of aliphatic hydroxyl groups is 1. The maximum absolute atomic E-state index is 8.54. The summed E-state index contributed by atoms with van der Waals surface area (Å²) < 4.78 is 2.92. The van der Waals surface area contributed by atoms with Crippen molar-refractivity contribution in [1.82, 2.24) is 9.78 Å². The Morgan fingerprint density at radius 2 is 2.25 bits per heavy atom. The fourth-order valence-corrected chi connectivity index (χ4v) is 1.35. The molecule has 3 nitrogen and oxygen atoms in total. The second-order valence-electron chi connectivity index (χ2n) is 2.71. The van der Waals surface area contributed by atoms with Crippen LogP contribution in [0.4, 0.5) is 0 Å². The molecule has 1 heterocycles. The van der Waals surface area contributed by atoms with Crippen molar-refractivity contribution >= 4 is 15.9 Å². The Bertz CT molecular complexity index is 225. The zero-order valence-corrected chi connectivity index (χ0v) is 8.50. The van der Waals surface area contributed by atoms with Gasteiger partial charge in [0.2, 0.25) is 0 Å². The number of unbranched alkanes of at least 4 members (excludes halogenated alkanes) is 2. The van der Waals surface area contributed by atoms with Crippen LogP contribution in [0.15, 0.2) is 16.9 Å². The van der Waals surface area contributed by atoms with Crippen LogP contribution in [-0.2, 0) is 6.54 Å². The van der Waals surface area contributed by atoms with E-state index < -0.39 is 0 Å². The third-order valence-electron chi connectivity index (χ3n) is 1.65. The Kier molecular flexibility index (Phi) is 4.32. The van der Waals surface area contributed by atoms with E-state index in [-0.39, 0.29) is 0 Å². The number of halogens is 1. The summed E-state index contributed by atoms with van der Waals surface area (Å²) in [5.41, 5.74) is 0. The van der Waals surface area contributed by atoms with Gasteiger partial charge in [-0.1, -0.05) is 0 Å². The Labute approximate surface area is 80.5 Å². The lowest BCUT2D eigenvalue weighted by molar-refractivity contribution is 0.281. The van der Waals surface area contributed by atoms with Crippen LogP contribution < -0.4 is 0 Å². The number of aromatic nitrogens is 2. The molecule has 1 aromatic heterocycles. The van der Waals surface area contributed by atoms with Gasteiger partial charge in [-0.25, -0.2) is 0 Å². The van der Waals surface area contributed by atoms with E-state index in [0.717, 1.165) is 30.3 Å². The average molecular weight is 233 g/mol. The Morgan fingerprint density at radius 1 is 1.42 bits per heavy atom. The van der Waals surface area contributed by atoms with Crippen molar-refractivity contribution in [3.8, 4) is 0 Å². The highest BCUT2D eigenvalue weighted by Crippen LogP contribution is 2.07. The van der Waals surface area contributed by atoms with Crippen LogP contribution >= 0.6 is 15.9 Å². The fourth-order valence-electron chi connectivity index (χ4n) is 1.02. The third kappa shape index (κ3) is 3.36. The van der Waals surface area contributed by atoms with Gasteiger partial charge in [-0.3, -0.25) is 4.68 Å². The quantitative estimate of drug-likeness (QED) is 0.787. The predicted molar refractivity (Wildman–Crippen MR) is 50.9 cm³/mol. The van der Waals surface area contributed by atoms with Gasteiger partial charge in [0.1, 0.15) is 0 Å². The summed E-state index contributed by atoms with van der Waals surface area (Å²) in [5, 5.41) is 12.7. The second kappa shape index (κ2) is 5.32. The van der Waals surface area contributed by atoms with Crippen molar-refractivity contribution in [2.24, 2.45) is 0 Å². The van der Waals surface area contributed by atoms with Crippen LogP contribution in [0.1, 0.15) is 19.3 Å². The SMILES string of the molecule is OCCCCCn1cc(Br)cn1. The number of aliphatic hydroxyl groups excluding tert-OH is 1. The summed E-state index contributed by atoms with van der Waals surface area (Å²) in [6, 6.07) is 0. The molecule has 0 spiro atoms. The summed E-state index contributed by atoms with van der Waals surface area (Å²) in [6.07, 6.45) is 6.77. The van der Waals surface area contributed by atoms with Crippen molar-refractivity contribution in [3.05, 3.63) is 16.9 Å². The third-order valence-corrected chi connectivity index (χ3v) is 2.06. The molecular weight excluding hydrogens is 220 g/mol. The number of nitrogens with zero attached hydrogens (tertiary/aromatic N) is 2. The second-order valence-corrected chi connectivity index (χ2v) is 3.62. The van der Waals surface area contributed by atoms with Crippen LogP contribution in [0.3, 0.4) is 0 Å². The van der Waals surface area contributed by atoms with Crippen LogP contribution in [0.2, 0.25) is 0 Å². The summed E-state index contributed by atoms with van der Waals surface area (Å²) in [7, 11) is 0. The van der Waals surface area contributed by atoms with E-state index in [1.165, 1.54) is 0 Å². The Balaban J connectivity index is 2.15. The normalized spacial score (nSPS) is 10.5.